The number of carbonyl (C=O) groups excluding carboxylic acids is 1. The molecule has 8 nitrogen and oxygen atoms in total. The van der Waals surface area contributed by atoms with Crippen molar-refractivity contribution in [2.75, 3.05) is 0 Å². The molecule has 18 heavy (non-hydrogen) atoms. The van der Waals surface area contributed by atoms with Gasteiger partial charge in [0.25, 0.3) is 0 Å². The molecule has 0 saturated carbocycles. The zero-order valence-electron chi connectivity index (χ0n) is 10.3. The van der Waals surface area contributed by atoms with E-state index >= 15 is 0 Å². The van der Waals surface area contributed by atoms with Crippen molar-refractivity contribution >= 4 is 18.0 Å². The first-order chi connectivity index (χ1) is 8.03. The van der Waals surface area contributed by atoms with Crippen molar-refractivity contribution in [1.29, 1.82) is 0 Å². The molecule has 0 aliphatic carbocycles. The number of rotatable bonds is 5. The van der Waals surface area contributed by atoms with Gasteiger partial charge in [0.2, 0.25) is 0 Å². The molecule has 8 heteroatoms. The van der Waals surface area contributed by atoms with Gasteiger partial charge in [0.15, 0.2) is 6.10 Å². The lowest BCUT2D eigenvalue weighted by atomic mass is 10.1. The van der Waals surface area contributed by atoms with Crippen molar-refractivity contribution in [3.63, 3.8) is 0 Å². The summed E-state index contributed by atoms with van der Waals surface area (Å²) < 4.78 is 4.82. The maximum absolute atomic E-state index is 11.3. The number of carboxylic acids is 2. The van der Waals surface area contributed by atoms with Crippen LogP contribution in [0.5, 0.6) is 0 Å². The maximum atomic E-state index is 11.3. The van der Waals surface area contributed by atoms with Crippen LogP contribution in [0.15, 0.2) is 0 Å². The van der Waals surface area contributed by atoms with Crippen LogP contribution in [0.2, 0.25) is 0 Å². The third-order valence-electron chi connectivity index (χ3n) is 1.73. The van der Waals surface area contributed by atoms with E-state index in [1.807, 2.05) is 5.32 Å². The van der Waals surface area contributed by atoms with Gasteiger partial charge in [-0.3, -0.25) is 0 Å². The first kappa shape index (κ1) is 16.2. The van der Waals surface area contributed by atoms with Crippen LogP contribution in [-0.4, -0.2) is 51.1 Å². The minimum atomic E-state index is -1.87. The van der Waals surface area contributed by atoms with Crippen LogP contribution in [0.25, 0.3) is 0 Å². The Labute approximate surface area is 104 Å². The summed E-state index contributed by atoms with van der Waals surface area (Å²) in [6.07, 6.45) is -3.52. The summed E-state index contributed by atoms with van der Waals surface area (Å²) >= 11 is 0. The first-order valence-corrected chi connectivity index (χ1v) is 5.16. The lowest BCUT2D eigenvalue weighted by molar-refractivity contribution is -0.148. The van der Waals surface area contributed by atoms with E-state index in [9.17, 15) is 14.4 Å². The van der Waals surface area contributed by atoms with Gasteiger partial charge in [-0.2, -0.15) is 0 Å². The molecular weight excluding hydrogens is 246 g/mol. The van der Waals surface area contributed by atoms with Gasteiger partial charge in [-0.1, -0.05) is 0 Å². The number of aliphatic hydroxyl groups excluding tert-OH is 1. The van der Waals surface area contributed by atoms with Crippen LogP contribution in [-0.2, 0) is 14.3 Å². The van der Waals surface area contributed by atoms with E-state index < -0.39 is 42.2 Å². The Morgan fingerprint density at radius 1 is 1.17 bits per heavy atom. The van der Waals surface area contributed by atoms with E-state index in [0.717, 1.165) is 0 Å². The Morgan fingerprint density at radius 3 is 2.00 bits per heavy atom. The highest BCUT2D eigenvalue weighted by Gasteiger charge is 2.28. The van der Waals surface area contributed by atoms with Crippen molar-refractivity contribution in [2.24, 2.45) is 0 Å². The molecule has 0 radical (unpaired) electrons. The molecule has 0 heterocycles. The summed E-state index contributed by atoms with van der Waals surface area (Å²) in [6, 6.07) is -1.54. The number of carboxylic acid groups (broad SMARTS) is 2. The number of carbonyl (C=O) groups is 3. The summed E-state index contributed by atoms with van der Waals surface area (Å²) in [5.74, 6) is -3.02. The number of amides is 1. The Morgan fingerprint density at radius 2 is 1.67 bits per heavy atom. The van der Waals surface area contributed by atoms with Crippen molar-refractivity contribution in [1.82, 2.24) is 5.32 Å². The predicted octanol–water partition coefficient (Wildman–Crippen LogP) is -0.200. The topological polar surface area (TPSA) is 133 Å². The molecule has 0 aliphatic heterocycles. The first-order valence-electron chi connectivity index (χ1n) is 5.16. The average molecular weight is 263 g/mol. The van der Waals surface area contributed by atoms with Gasteiger partial charge >= 0.3 is 18.0 Å². The van der Waals surface area contributed by atoms with Gasteiger partial charge in [-0.15, -0.1) is 0 Å². The van der Waals surface area contributed by atoms with Gasteiger partial charge in [0.05, 0.1) is 0 Å². The number of nitrogens with one attached hydrogen (secondary N) is 1. The second kappa shape index (κ2) is 6.20. The van der Waals surface area contributed by atoms with E-state index in [2.05, 4.69) is 0 Å². The summed E-state index contributed by atoms with van der Waals surface area (Å²) in [5, 5.41) is 28.2. The molecular formula is C10H17NO7. The number of hydrogen-bond acceptors (Lipinski definition) is 5. The highest BCUT2D eigenvalue weighted by Crippen LogP contribution is 2.08. The van der Waals surface area contributed by atoms with Crippen molar-refractivity contribution in [2.45, 2.75) is 44.9 Å². The highest BCUT2D eigenvalue weighted by atomic mass is 16.6. The van der Waals surface area contributed by atoms with Crippen molar-refractivity contribution in [3.05, 3.63) is 0 Å². The lowest BCUT2D eigenvalue weighted by Crippen LogP contribution is -2.46. The van der Waals surface area contributed by atoms with Gasteiger partial charge in [-0.05, 0) is 20.8 Å². The fourth-order valence-electron chi connectivity index (χ4n) is 0.995. The molecule has 0 spiro atoms. The fourth-order valence-corrected chi connectivity index (χ4v) is 0.995. The maximum Gasteiger partial charge on any atom is 0.408 e. The van der Waals surface area contributed by atoms with Crippen molar-refractivity contribution < 1.29 is 34.4 Å². The molecule has 0 fully saturated rings. The van der Waals surface area contributed by atoms with E-state index in [-0.39, 0.29) is 0 Å². The Balaban J connectivity index is 4.50. The summed E-state index contributed by atoms with van der Waals surface area (Å²) in [6.45, 7) is 4.78. The van der Waals surface area contributed by atoms with Gasteiger partial charge in [0, 0.05) is 6.42 Å². The van der Waals surface area contributed by atoms with Gasteiger partial charge < -0.3 is 25.4 Å². The molecule has 4 N–H and O–H groups in total. The molecule has 104 valence electrons. The van der Waals surface area contributed by atoms with Gasteiger partial charge in [0.1, 0.15) is 11.6 Å². The minimum absolute atomic E-state index is 0.649. The van der Waals surface area contributed by atoms with Crippen LogP contribution in [0.4, 0.5) is 4.79 Å². The largest absolute Gasteiger partial charge is 0.480 e. The number of aliphatic carboxylic acids is 2. The lowest BCUT2D eigenvalue weighted by Gasteiger charge is -2.22. The van der Waals surface area contributed by atoms with E-state index in [1.54, 1.807) is 20.8 Å². The van der Waals surface area contributed by atoms with Crippen molar-refractivity contribution in [3.8, 4) is 0 Å². The zero-order valence-corrected chi connectivity index (χ0v) is 10.3. The van der Waals surface area contributed by atoms with Crippen LogP contribution in [0.3, 0.4) is 0 Å². The smallest absolute Gasteiger partial charge is 0.408 e. The normalized spacial score (nSPS) is 14.4. The average Bonchev–Trinajstić information content (AvgIpc) is 2.12. The van der Waals surface area contributed by atoms with Crippen LogP contribution < -0.4 is 5.32 Å². The SMILES string of the molecule is CC(C)(C)OC(=O)N[C@@H](C[C@H](O)C(=O)O)C(=O)O. The van der Waals surface area contributed by atoms with E-state index in [4.69, 9.17) is 20.1 Å². The third kappa shape index (κ3) is 6.69. The highest BCUT2D eigenvalue weighted by molar-refractivity contribution is 5.81. The standard InChI is InChI=1S/C10H17NO7/c1-10(2,3)18-9(17)11-5(7(13)14)4-6(12)8(15)16/h5-6,12H,4H2,1-3H3,(H,11,17)(H,13,14)(H,15,16)/t5-,6-/m0/s1. The Bertz CT molecular complexity index is 334. The third-order valence-corrected chi connectivity index (χ3v) is 1.73. The summed E-state index contributed by atoms with van der Waals surface area (Å²) in [7, 11) is 0. The van der Waals surface area contributed by atoms with E-state index in [1.165, 1.54) is 0 Å². The van der Waals surface area contributed by atoms with Crippen LogP contribution in [0, 0.1) is 0 Å². The molecule has 0 aromatic carbocycles. The second-order valence-corrected chi connectivity index (χ2v) is 4.63. The molecule has 0 aromatic heterocycles. The molecule has 0 bridgehead atoms. The quantitative estimate of drug-likeness (QED) is 0.539. The second-order valence-electron chi connectivity index (χ2n) is 4.63. The van der Waals surface area contributed by atoms with E-state index in [0.29, 0.717) is 0 Å². The number of hydrogen-bond donors (Lipinski definition) is 4. The van der Waals surface area contributed by atoms with Gasteiger partial charge in [-0.25, -0.2) is 14.4 Å². The molecule has 2 atom stereocenters. The number of aliphatic hydroxyl groups is 1. The molecule has 0 rings (SSSR count). The monoisotopic (exact) mass is 263 g/mol. The predicted molar refractivity (Wildman–Crippen MR) is 59.1 cm³/mol. The zero-order chi connectivity index (χ0) is 14.5. The van der Waals surface area contributed by atoms with Crippen LogP contribution >= 0.6 is 0 Å². The Hall–Kier alpha value is -1.83. The molecule has 0 aliphatic rings. The molecule has 0 aromatic rings. The Kier molecular flexibility index (Phi) is 5.57. The molecule has 0 saturated heterocycles. The molecule has 1 amide bonds. The summed E-state index contributed by atoms with van der Waals surface area (Å²) in [5.41, 5.74) is -0.807. The number of alkyl carbamates (subject to hydrolysis) is 1. The number of ether oxygens (including phenoxy) is 1. The summed E-state index contributed by atoms with van der Waals surface area (Å²) in [4.78, 5) is 32.5. The minimum Gasteiger partial charge on any atom is -0.480 e. The molecule has 0 unspecified atom stereocenters. The fraction of sp³-hybridized carbons (Fsp3) is 0.700. The van der Waals surface area contributed by atoms with Crippen LogP contribution in [0.1, 0.15) is 27.2 Å².